The molecule has 0 unspecified atom stereocenters. The van der Waals surface area contributed by atoms with E-state index in [-0.39, 0.29) is 5.41 Å². The second-order valence-corrected chi connectivity index (χ2v) is 6.22. The molecule has 0 fully saturated rings. The SMILES string of the molecule is C=C(/C=C\C(=C)C(C)C)C(=C)/C=C\C(=C)C(C)(C)C. The third-order valence-electron chi connectivity index (χ3n) is 3.10. The van der Waals surface area contributed by atoms with Crippen LogP contribution in [0.4, 0.5) is 0 Å². The molecule has 0 heteroatoms. The zero-order valence-electron chi connectivity index (χ0n) is 13.2. The van der Waals surface area contributed by atoms with Crippen LogP contribution < -0.4 is 0 Å². The molecule has 104 valence electrons. The fraction of sp³-hybridized carbons (Fsp3) is 0.368. The summed E-state index contributed by atoms with van der Waals surface area (Å²) in [5.41, 5.74) is 4.06. The molecule has 0 aliphatic carbocycles. The van der Waals surface area contributed by atoms with Gasteiger partial charge >= 0.3 is 0 Å². The fourth-order valence-corrected chi connectivity index (χ4v) is 1.07. The summed E-state index contributed by atoms with van der Waals surface area (Å²) >= 11 is 0. The van der Waals surface area contributed by atoms with Gasteiger partial charge in [0.05, 0.1) is 0 Å². The quantitative estimate of drug-likeness (QED) is 0.509. The Kier molecular flexibility index (Phi) is 6.55. The Morgan fingerprint density at radius 1 is 0.789 bits per heavy atom. The number of hydrogen-bond donors (Lipinski definition) is 0. The molecule has 0 aliphatic rings. The minimum absolute atomic E-state index is 0.0832. The van der Waals surface area contributed by atoms with Crippen LogP contribution in [0.15, 0.2) is 72.9 Å². The van der Waals surface area contributed by atoms with Crippen molar-refractivity contribution in [3.63, 3.8) is 0 Å². The van der Waals surface area contributed by atoms with Crippen LogP contribution in [0.5, 0.6) is 0 Å². The van der Waals surface area contributed by atoms with E-state index in [9.17, 15) is 0 Å². The Labute approximate surface area is 119 Å². The van der Waals surface area contributed by atoms with Gasteiger partial charge < -0.3 is 0 Å². The van der Waals surface area contributed by atoms with E-state index in [2.05, 4.69) is 60.9 Å². The maximum absolute atomic E-state index is 4.06. The van der Waals surface area contributed by atoms with Crippen LogP contribution in [-0.4, -0.2) is 0 Å². The molecule has 19 heavy (non-hydrogen) atoms. The van der Waals surface area contributed by atoms with Gasteiger partial charge in [0.2, 0.25) is 0 Å². The summed E-state index contributed by atoms with van der Waals surface area (Å²) < 4.78 is 0. The van der Waals surface area contributed by atoms with Crippen molar-refractivity contribution in [2.45, 2.75) is 34.6 Å². The first-order valence-electron chi connectivity index (χ1n) is 6.68. The monoisotopic (exact) mass is 256 g/mol. The minimum atomic E-state index is 0.0832. The summed E-state index contributed by atoms with van der Waals surface area (Å²) in [6.45, 7) is 26.8. The molecule has 0 heterocycles. The van der Waals surface area contributed by atoms with Crippen molar-refractivity contribution >= 4 is 0 Å². The van der Waals surface area contributed by atoms with Crippen molar-refractivity contribution < 1.29 is 0 Å². The van der Waals surface area contributed by atoms with Crippen LogP contribution in [0.3, 0.4) is 0 Å². The van der Waals surface area contributed by atoms with Crippen LogP contribution in [-0.2, 0) is 0 Å². The van der Waals surface area contributed by atoms with Crippen molar-refractivity contribution in [3.8, 4) is 0 Å². The second-order valence-electron chi connectivity index (χ2n) is 6.22. The molecule has 0 rings (SSSR count). The maximum Gasteiger partial charge on any atom is -0.0138 e. The van der Waals surface area contributed by atoms with E-state index in [4.69, 9.17) is 0 Å². The van der Waals surface area contributed by atoms with E-state index in [1.807, 2.05) is 24.3 Å². The molecule has 0 saturated carbocycles. The van der Waals surface area contributed by atoms with Crippen molar-refractivity contribution in [1.82, 2.24) is 0 Å². The van der Waals surface area contributed by atoms with Gasteiger partial charge in [0, 0.05) is 0 Å². The minimum Gasteiger partial charge on any atom is -0.0956 e. The Hall–Kier alpha value is -1.56. The van der Waals surface area contributed by atoms with E-state index in [1.54, 1.807) is 0 Å². The molecule has 0 aromatic rings. The van der Waals surface area contributed by atoms with Gasteiger partial charge in [-0.2, -0.15) is 0 Å². The number of hydrogen-bond acceptors (Lipinski definition) is 0. The Balaban J connectivity index is 4.62. The maximum atomic E-state index is 4.06. The predicted octanol–water partition coefficient (Wildman–Crippen LogP) is 6.03. The summed E-state index contributed by atoms with van der Waals surface area (Å²) in [6.07, 6.45) is 7.95. The van der Waals surface area contributed by atoms with E-state index in [0.29, 0.717) is 5.92 Å². The summed E-state index contributed by atoms with van der Waals surface area (Å²) in [5, 5.41) is 0. The molecule has 0 radical (unpaired) electrons. The first-order valence-corrected chi connectivity index (χ1v) is 6.68. The molecule has 0 aliphatic heterocycles. The lowest BCUT2D eigenvalue weighted by molar-refractivity contribution is 0.519. The van der Waals surface area contributed by atoms with E-state index in [0.717, 1.165) is 22.3 Å². The largest absolute Gasteiger partial charge is 0.0956 e. The van der Waals surface area contributed by atoms with Crippen LogP contribution in [0.2, 0.25) is 0 Å². The lowest BCUT2D eigenvalue weighted by atomic mass is 9.87. The molecule has 0 N–H and O–H groups in total. The molecule has 0 spiro atoms. The lowest BCUT2D eigenvalue weighted by Gasteiger charge is -2.18. The third kappa shape index (κ3) is 6.81. The highest BCUT2D eigenvalue weighted by Crippen LogP contribution is 2.25. The zero-order chi connectivity index (χ0) is 15.2. The molecule has 0 atom stereocenters. The highest BCUT2D eigenvalue weighted by molar-refractivity contribution is 5.45. The molecule has 0 aromatic heterocycles. The van der Waals surface area contributed by atoms with Gasteiger partial charge in [-0.15, -0.1) is 0 Å². The Morgan fingerprint density at radius 2 is 1.21 bits per heavy atom. The first-order chi connectivity index (χ1) is 8.55. The Bertz CT molecular complexity index is 431. The summed E-state index contributed by atoms with van der Waals surface area (Å²) in [6, 6.07) is 0. The molecule has 0 nitrogen and oxygen atoms in total. The van der Waals surface area contributed by atoms with Gasteiger partial charge in [-0.05, 0) is 28.1 Å². The van der Waals surface area contributed by atoms with E-state index in [1.165, 1.54) is 0 Å². The first kappa shape index (κ1) is 17.4. The van der Waals surface area contributed by atoms with Crippen molar-refractivity contribution in [2.75, 3.05) is 0 Å². The highest BCUT2D eigenvalue weighted by atomic mass is 14.2. The van der Waals surface area contributed by atoms with Gasteiger partial charge in [0.25, 0.3) is 0 Å². The smallest absolute Gasteiger partial charge is 0.0138 e. The molecular formula is C19H28. The summed E-state index contributed by atoms with van der Waals surface area (Å²) in [5.74, 6) is 0.452. The van der Waals surface area contributed by atoms with Gasteiger partial charge in [-0.25, -0.2) is 0 Å². The van der Waals surface area contributed by atoms with Crippen molar-refractivity contribution in [3.05, 3.63) is 72.9 Å². The van der Waals surface area contributed by atoms with Crippen LogP contribution in [0.25, 0.3) is 0 Å². The molecule has 0 saturated heterocycles. The number of rotatable bonds is 6. The fourth-order valence-electron chi connectivity index (χ4n) is 1.07. The normalized spacial score (nSPS) is 12.3. The van der Waals surface area contributed by atoms with Gasteiger partial charge in [0.15, 0.2) is 0 Å². The number of allylic oxidation sites excluding steroid dienone is 8. The van der Waals surface area contributed by atoms with Crippen LogP contribution >= 0.6 is 0 Å². The average Bonchev–Trinajstić information content (AvgIpc) is 2.30. The van der Waals surface area contributed by atoms with Crippen LogP contribution in [0, 0.1) is 11.3 Å². The molecule has 0 bridgehead atoms. The predicted molar refractivity (Wildman–Crippen MR) is 89.1 cm³/mol. The van der Waals surface area contributed by atoms with Crippen molar-refractivity contribution in [2.24, 2.45) is 11.3 Å². The lowest BCUT2D eigenvalue weighted by Crippen LogP contribution is -2.05. The summed E-state index contributed by atoms with van der Waals surface area (Å²) in [4.78, 5) is 0. The standard InChI is InChI=1S/C19H28/c1-14(2)15(3)10-11-16(4)17(5)12-13-18(6)19(7,8)9/h10-14H,3-6H2,1-2,7-9H3/b11-10-,13-12-. The van der Waals surface area contributed by atoms with E-state index < -0.39 is 0 Å². The van der Waals surface area contributed by atoms with Crippen LogP contribution in [0.1, 0.15) is 34.6 Å². The van der Waals surface area contributed by atoms with Gasteiger partial charge in [0.1, 0.15) is 0 Å². The molecule has 0 aromatic carbocycles. The van der Waals surface area contributed by atoms with E-state index >= 15 is 0 Å². The molecule has 0 amide bonds. The molecular weight excluding hydrogens is 228 g/mol. The zero-order valence-corrected chi connectivity index (χ0v) is 13.2. The Morgan fingerprint density at radius 3 is 1.58 bits per heavy atom. The average molecular weight is 256 g/mol. The van der Waals surface area contributed by atoms with Gasteiger partial charge in [-0.1, -0.05) is 90.8 Å². The third-order valence-corrected chi connectivity index (χ3v) is 3.10. The highest BCUT2D eigenvalue weighted by Gasteiger charge is 2.11. The second kappa shape index (κ2) is 7.13. The van der Waals surface area contributed by atoms with Crippen molar-refractivity contribution in [1.29, 1.82) is 0 Å². The van der Waals surface area contributed by atoms with Gasteiger partial charge in [-0.3, -0.25) is 0 Å². The topological polar surface area (TPSA) is 0 Å². The summed E-state index contributed by atoms with van der Waals surface area (Å²) in [7, 11) is 0.